The largest absolute Gasteiger partial charge is 0.376 e. The molecule has 4 heteroatoms. The molecule has 1 aliphatic carbocycles. The van der Waals surface area contributed by atoms with E-state index in [9.17, 15) is 5.11 Å². The molecule has 0 fully saturated rings. The van der Waals surface area contributed by atoms with Gasteiger partial charge in [0.25, 0.3) is 0 Å². The third-order valence-corrected chi connectivity index (χ3v) is 11.8. The first kappa shape index (κ1) is 33.6. The highest BCUT2D eigenvalue weighted by Crippen LogP contribution is 2.62. The Kier molecular flexibility index (Phi) is 8.42. The van der Waals surface area contributed by atoms with E-state index < -0.39 is 11.0 Å². The van der Waals surface area contributed by atoms with E-state index in [2.05, 4.69) is 213 Å². The van der Waals surface area contributed by atoms with Crippen LogP contribution in [0.4, 0.5) is 0 Å². The molecule has 1 aliphatic rings. The summed E-state index contributed by atoms with van der Waals surface area (Å²) in [6.07, 6.45) is 0. The van der Waals surface area contributed by atoms with Gasteiger partial charge in [0.2, 0.25) is 0 Å². The highest BCUT2D eigenvalue weighted by atomic mass is 79.9. The van der Waals surface area contributed by atoms with Gasteiger partial charge >= 0.3 is 0 Å². The highest BCUT2D eigenvalue weighted by molar-refractivity contribution is 9.10. The molecule has 53 heavy (non-hydrogen) atoms. The lowest BCUT2D eigenvalue weighted by Crippen LogP contribution is -2.44. The fourth-order valence-electron chi connectivity index (χ4n) is 8.52. The van der Waals surface area contributed by atoms with Crippen LogP contribution in [-0.4, -0.2) is 9.67 Å². The first-order valence-corrected chi connectivity index (χ1v) is 19.4. The van der Waals surface area contributed by atoms with E-state index in [0.29, 0.717) is 0 Å². The number of halogens is 2. The Bertz CT molecular complexity index is 2520. The maximum absolute atomic E-state index is 14.2. The van der Waals surface area contributed by atoms with Crippen molar-refractivity contribution in [2.45, 2.75) is 17.9 Å². The van der Waals surface area contributed by atoms with Crippen molar-refractivity contribution in [3.05, 3.63) is 242 Å². The monoisotopic (exact) mass is 811 g/mol. The Morgan fingerprint density at radius 3 is 1.34 bits per heavy atom. The minimum Gasteiger partial charge on any atom is -0.376 e. The van der Waals surface area contributed by atoms with Crippen molar-refractivity contribution in [2.24, 2.45) is 0 Å². The summed E-state index contributed by atoms with van der Waals surface area (Å²) in [4.78, 5) is 0. The molecule has 1 atom stereocenters. The summed E-state index contributed by atoms with van der Waals surface area (Å²) >= 11 is 7.44. The van der Waals surface area contributed by atoms with Crippen molar-refractivity contribution in [3.63, 3.8) is 0 Å². The first-order chi connectivity index (χ1) is 25.9. The van der Waals surface area contributed by atoms with Crippen molar-refractivity contribution in [1.82, 2.24) is 4.57 Å². The normalized spacial score (nSPS) is 15.8. The fraction of sp³-hybridized carbons (Fsp3) is 0.0612. The standard InChI is InChI=1S/C49H35Br2NO/c1-33-21-31-41(32-22-33)52-46(34-23-27-39(50)28-24-34)44-45(47(52)35-25-29-40(51)30-26-35)49(53,38-17-9-4-10-18-38)43-20-12-11-19-42(43)48(44,36-13-5-2-6-14-36)37-15-7-3-8-16-37/h2-32,53H,1H3. The summed E-state index contributed by atoms with van der Waals surface area (Å²) in [7, 11) is 0. The van der Waals surface area contributed by atoms with Crippen molar-refractivity contribution < 1.29 is 5.11 Å². The van der Waals surface area contributed by atoms with Crippen LogP contribution in [-0.2, 0) is 11.0 Å². The molecule has 0 bridgehead atoms. The van der Waals surface area contributed by atoms with E-state index in [-0.39, 0.29) is 0 Å². The minimum absolute atomic E-state index is 0.810. The second-order valence-electron chi connectivity index (χ2n) is 13.7. The van der Waals surface area contributed by atoms with Crippen LogP contribution in [0.1, 0.15) is 44.5 Å². The predicted molar refractivity (Wildman–Crippen MR) is 224 cm³/mol. The van der Waals surface area contributed by atoms with Crippen molar-refractivity contribution in [1.29, 1.82) is 0 Å². The van der Waals surface area contributed by atoms with Gasteiger partial charge in [-0.2, -0.15) is 0 Å². The number of fused-ring (bicyclic) bond motifs is 2. The average Bonchev–Trinajstić information content (AvgIpc) is 3.57. The number of benzene rings is 7. The number of hydrogen-bond donors (Lipinski definition) is 1. The van der Waals surface area contributed by atoms with Crippen LogP contribution in [0.3, 0.4) is 0 Å². The Balaban J connectivity index is 1.62. The molecule has 0 saturated carbocycles. The van der Waals surface area contributed by atoms with Gasteiger partial charge in [-0.05, 0) is 82.3 Å². The van der Waals surface area contributed by atoms with Crippen LogP contribution in [0.25, 0.3) is 28.2 Å². The van der Waals surface area contributed by atoms with Gasteiger partial charge in [0.15, 0.2) is 0 Å². The van der Waals surface area contributed by atoms with Crippen LogP contribution in [0.5, 0.6) is 0 Å². The Labute approximate surface area is 327 Å². The van der Waals surface area contributed by atoms with E-state index >= 15 is 0 Å². The fourth-order valence-corrected chi connectivity index (χ4v) is 9.05. The van der Waals surface area contributed by atoms with Gasteiger partial charge in [-0.15, -0.1) is 0 Å². The van der Waals surface area contributed by atoms with Crippen molar-refractivity contribution in [2.75, 3.05) is 0 Å². The number of rotatable bonds is 6. The SMILES string of the molecule is Cc1ccc(-n2c(-c3ccc(Br)cc3)c3c(c2-c2ccc(Br)cc2)C(c2ccccc2)(c2ccccc2)c2ccccc2C3(O)c2ccccc2)cc1. The lowest BCUT2D eigenvalue weighted by Gasteiger charge is -2.47. The molecule has 2 nitrogen and oxygen atoms in total. The summed E-state index contributed by atoms with van der Waals surface area (Å²) < 4.78 is 4.39. The van der Waals surface area contributed by atoms with Crippen LogP contribution >= 0.6 is 31.9 Å². The van der Waals surface area contributed by atoms with Gasteiger partial charge in [-0.25, -0.2) is 0 Å². The number of aryl methyl sites for hydroxylation is 1. The lowest BCUT2D eigenvalue weighted by atomic mass is 9.55. The Hall–Kier alpha value is -5.26. The molecule has 0 spiro atoms. The summed E-state index contributed by atoms with van der Waals surface area (Å²) in [5, 5.41) is 14.2. The molecule has 0 radical (unpaired) electrons. The third kappa shape index (κ3) is 5.23. The van der Waals surface area contributed by atoms with Crippen molar-refractivity contribution in [3.8, 4) is 28.2 Å². The highest BCUT2D eigenvalue weighted by Gasteiger charge is 2.56. The molecule has 8 aromatic rings. The van der Waals surface area contributed by atoms with E-state index in [1.165, 1.54) is 5.56 Å². The summed E-state index contributed by atoms with van der Waals surface area (Å²) in [6, 6.07) is 66.2. The van der Waals surface area contributed by atoms with Gasteiger partial charge in [0, 0.05) is 25.8 Å². The van der Waals surface area contributed by atoms with Gasteiger partial charge < -0.3 is 9.67 Å². The molecule has 0 aliphatic heterocycles. The molecule has 1 aromatic heterocycles. The number of aromatic nitrogens is 1. The molecule has 0 saturated heterocycles. The molecule has 1 N–H and O–H groups in total. The topological polar surface area (TPSA) is 25.2 Å². The summed E-state index contributed by atoms with van der Waals surface area (Å²) in [6.45, 7) is 2.12. The molecular weight excluding hydrogens is 778 g/mol. The van der Waals surface area contributed by atoms with Gasteiger partial charge in [-0.3, -0.25) is 0 Å². The number of hydrogen-bond acceptors (Lipinski definition) is 1. The van der Waals surface area contributed by atoms with Crippen LogP contribution in [0.2, 0.25) is 0 Å². The first-order valence-electron chi connectivity index (χ1n) is 17.8. The molecular formula is C49H35Br2NO. The second kappa shape index (κ2) is 13.3. The van der Waals surface area contributed by atoms with Crippen molar-refractivity contribution >= 4 is 31.9 Å². The lowest BCUT2D eigenvalue weighted by molar-refractivity contribution is 0.119. The third-order valence-electron chi connectivity index (χ3n) is 10.8. The number of aliphatic hydroxyl groups is 1. The second-order valence-corrected chi connectivity index (χ2v) is 15.6. The zero-order valence-corrected chi connectivity index (χ0v) is 32.2. The Morgan fingerprint density at radius 2 is 0.849 bits per heavy atom. The van der Waals surface area contributed by atoms with Gasteiger partial charge in [0.05, 0.1) is 16.8 Å². The minimum atomic E-state index is -1.54. The number of nitrogens with zero attached hydrogens (tertiary/aromatic N) is 1. The Morgan fingerprint density at radius 1 is 0.434 bits per heavy atom. The zero-order valence-electron chi connectivity index (χ0n) is 29.0. The van der Waals surface area contributed by atoms with Gasteiger partial charge in [-0.1, -0.05) is 189 Å². The molecule has 7 aromatic carbocycles. The molecule has 256 valence electrons. The van der Waals surface area contributed by atoms with E-state index in [4.69, 9.17) is 0 Å². The van der Waals surface area contributed by atoms with E-state index in [1.54, 1.807) is 0 Å². The average molecular weight is 814 g/mol. The smallest absolute Gasteiger partial charge is 0.143 e. The molecule has 1 heterocycles. The maximum atomic E-state index is 14.2. The van der Waals surface area contributed by atoms with Crippen LogP contribution in [0, 0.1) is 6.92 Å². The van der Waals surface area contributed by atoms with E-state index in [0.717, 1.165) is 76.1 Å². The van der Waals surface area contributed by atoms with E-state index in [1.807, 2.05) is 18.2 Å². The quantitative estimate of drug-likeness (QED) is 0.178. The van der Waals surface area contributed by atoms with Crippen LogP contribution in [0.15, 0.2) is 197 Å². The van der Waals surface area contributed by atoms with Gasteiger partial charge in [0.1, 0.15) is 5.60 Å². The maximum Gasteiger partial charge on any atom is 0.143 e. The summed E-state index contributed by atoms with van der Waals surface area (Å²) in [5.41, 5.74) is 10.7. The predicted octanol–water partition coefficient (Wildman–Crippen LogP) is 12.6. The molecule has 0 amide bonds. The van der Waals surface area contributed by atoms with Crippen LogP contribution < -0.4 is 0 Å². The molecule has 9 rings (SSSR count). The summed E-state index contributed by atoms with van der Waals surface area (Å²) in [5.74, 6) is 0. The molecule has 1 unspecified atom stereocenters. The zero-order chi connectivity index (χ0) is 36.2.